The van der Waals surface area contributed by atoms with Gasteiger partial charge in [0, 0.05) is 31.7 Å². The number of esters is 2. The van der Waals surface area contributed by atoms with E-state index in [1.54, 1.807) is 7.11 Å². The maximum absolute atomic E-state index is 11.8. The van der Waals surface area contributed by atoms with Crippen LogP contribution < -0.4 is 0 Å². The molecule has 27 heavy (non-hydrogen) atoms. The Morgan fingerprint density at radius 1 is 1.07 bits per heavy atom. The molecule has 2 heterocycles. The van der Waals surface area contributed by atoms with Crippen molar-refractivity contribution in [3.05, 3.63) is 34.9 Å². The smallest absolute Gasteiger partial charge is 0.314 e. The summed E-state index contributed by atoms with van der Waals surface area (Å²) in [5, 5.41) is 0. The van der Waals surface area contributed by atoms with Gasteiger partial charge in [0.2, 0.25) is 0 Å². The minimum absolute atomic E-state index is 0.0383. The molecule has 0 aromatic heterocycles. The number of hydrogen-bond acceptors (Lipinski definition) is 5. The summed E-state index contributed by atoms with van der Waals surface area (Å²) >= 11 is 0. The summed E-state index contributed by atoms with van der Waals surface area (Å²) in [6.07, 6.45) is 2.30. The fourth-order valence-corrected chi connectivity index (χ4v) is 4.10. The monoisotopic (exact) mass is 374 g/mol. The highest BCUT2D eigenvalue weighted by molar-refractivity contribution is 5.89. The molecular weight excluding hydrogens is 344 g/mol. The predicted molar refractivity (Wildman–Crippen MR) is 102 cm³/mol. The van der Waals surface area contributed by atoms with Crippen molar-refractivity contribution in [2.24, 2.45) is 0 Å². The lowest BCUT2D eigenvalue weighted by Gasteiger charge is -2.38. The Balaban J connectivity index is 2.08. The first-order valence-electron chi connectivity index (χ1n) is 9.70. The van der Waals surface area contributed by atoms with Crippen LogP contribution in [0.3, 0.4) is 0 Å². The van der Waals surface area contributed by atoms with Crippen LogP contribution in [0, 0.1) is 0 Å². The Labute approximate surface area is 161 Å². The number of cyclic esters (lactones) is 2. The van der Waals surface area contributed by atoms with Crippen molar-refractivity contribution >= 4 is 11.9 Å². The second-order valence-corrected chi connectivity index (χ2v) is 8.87. The van der Waals surface area contributed by atoms with Crippen LogP contribution in [0.1, 0.15) is 69.1 Å². The number of methoxy groups -OCH3 is 1. The molecule has 2 aliphatic heterocycles. The zero-order valence-electron chi connectivity index (χ0n) is 16.8. The molecule has 0 spiro atoms. The normalized spacial score (nSPS) is 21.2. The van der Waals surface area contributed by atoms with Crippen LogP contribution in [-0.4, -0.2) is 38.9 Å². The van der Waals surface area contributed by atoms with Crippen LogP contribution in [0.2, 0.25) is 0 Å². The van der Waals surface area contributed by atoms with Gasteiger partial charge < -0.3 is 14.2 Å². The minimum atomic E-state index is -0.434. The van der Waals surface area contributed by atoms with Crippen LogP contribution >= 0.6 is 0 Å². The Morgan fingerprint density at radius 2 is 1.70 bits per heavy atom. The number of rotatable bonds is 4. The maximum Gasteiger partial charge on any atom is 0.314 e. The molecule has 0 atom stereocenters. The lowest BCUT2D eigenvalue weighted by molar-refractivity contribution is -0.163. The third-order valence-corrected chi connectivity index (χ3v) is 5.83. The quantitative estimate of drug-likeness (QED) is 0.595. The van der Waals surface area contributed by atoms with Gasteiger partial charge in [0.15, 0.2) is 0 Å². The van der Waals surface area contributed by atoms with Crippen molar-refractivity contribution in [1.82, 2.24) is 0 Å². The molecule has 1 aromatic rings. The molecule has 2 fully saturated rings. The summed E-state index contributed by atoms with van der Waals surface area (Å²) < 4.78 is 15.9. The highest BCUT2D eigenvalue weighted by Crippen LogP contribution is 2.40. The molecular formula is C22H30O5. The van der Waals surface area contributed by atoms with E-state index in [1.807, 2.05) is 0 Å². The zero-order chi connectivity index (χ0) is 19.7. The third-order valence-electron chi connectivity index (χ3n) is 5.83. The molecule has 0 radical (unpaired) electrons. The summed E-state index contributed by atoms with van der Waals surface area (Å²) in [5.41, 5.74) is 3.35. The van der Waals surface area contributed by atoms with Crippen LogP contribution in [0.4, 0.5) is 0 Å². The van der Waals surface area contributed by atoms with E-state index in [2.05, 4.69) is 39.0 Å². The summed E-state index contributed by atoms with van der Waals surface area (Å²) in [7, 11) is 1.74. The molecule has 2 aliphatic rings. The first kappa shape index (κ1) is 20.0. The van der Waals surface area contributed by atoms with Gasteiger partial charge in [-0.25, -0.2) is 0 Å². The average Bonchev–Trinajstić information content (AvgIpc) is 2.61. The molecule has 148 valence electrons. The molecule has 3 rings (SSSR count). The van der Waals surface area contributed by atoms with E-state index < -0.39 is 11.9 Å². The van der Waals surface area contributed by atoms with E-state index in [1.165, 1.54) is 11.1 Å². The van der Waals surface area contributed by atoms with Crippen molar-refractivity contribution < 1.29 is 23.8 Å². The van der Waals surface area contributed by atoms with Gasteiger partial charge >= 0.3 is 11.9 Å². The van der Waals surface area contributed by atoms with E-state index in [4.69, 9.17) is 14.2 Å². The minimum Gasteiger partial charge on any atom is -0.393 e. The first-order valence-corrected chi connectivity index (χ1v) is 9.70. The van der Waals surface area contributed by atoms with Gasteiger partial charge in [0.1, 0.15) is 0 Å². The fraction of sp³-hybridized carbons (Fsp3) is 0.636. The number of hydrogen-bond donors (Lipinski definition) is 0. The summed E-state index contributed by atoms with van der Waals surface area (Å²) in [6, 6.07) is 6.60. The van der Waals surface area contributed by atoms with Gasteiger partial charge in [-0.2, -0.15) is 0 Å². The third kappa shape index (κ3) is 4.41. The number of carbonyl (C=O) groups excluding carboxylic acids is 2. The Hall–Kier alpha value is -1.72. The molecule has 0 bridgehead atoms. The molecule has 0 amide bonds. The second-order valence-electron chi connectivity index (χ2n) is 8.87. The van der Waals surface area contributed by atoms with Crippen molar-refractivity contribution in [2.45, 2.75) is 63.2 Å². The lowest BCUT2D eigenvalue weighted by Crippen LogP contribution is -2.38. The molecule has 0 saturated carbocycles. The van der Waals surface area contributed by atoms with E-state index in [-0.39, 0.29) is 29.6 Å². The largest absolute Gasteiger partial charge is 0.393 e. The molecule has 0 aliphatic carbocycles. The van der Waals surface area contributed by atoms with Gasteiger partial charge in [-0.3, -0.25) is 9.59 Å². The van der Waals surface area contributed by atoms with Gasteiger partial charge in [0.25, 0.3) is 0 Å². The van der Waals surface area contributed by atoms with E-state index in [0.717, 1.165) is 18.4 Å². The number of benzene rings is 1. The molecule has 0 unspecified atom stereocenters. The lowest BCUT2D eigenvalue weighted by atomic mass is 9.71. The Morgan fingerprint density at radius 3 is 2.26 bits per heavy atom. The summed E-state index contributed by atoms with van der Waals surface area (Å²) in [4.78, 5) is 23.6. The number of ether oxygens (including phenoxy) is 3. The van der Waals surface area contributed by atoms with Gasteiger partial charge in [-0.15, -0.1) is 0 Å². The number of carbonyl (C=O) groups is 2. The SMILES string of the molecule is COCC1(c2cc(C3CC(=O)OC(=O)C3)cc(C(C)(C)C)c2)CCOCC1. The Bertz CT molecular complexity index is 688. The standard InChI is InChI=1S/C22H30O5/c1-21(2,3)17-9-15(16-11-19(23)27-20(24)12-16)10-18(13-17)22(14-25-4)5-7-26-8-6-22/h9-10,13,16H,5-8,11-12,14H2,1-4H3. The highest BCUT2D eigenvalue weighted by atomic mass is 16.6. The molecule has 5 heteroatoms. The summed E-state index contributed by atoms with van der Waals surface area (Å²) in [5.74, 6) is -0.993. The van der Waals surface area contributed by atoms with Crippen LogP contribution in [-0.2, 0) is 34.6 Å². The maximum atomic E-state index is 11.8. The van der Waals surface area contributed by atoms with Gasteiger partial charge in [0.05, 0.1) is 19.4 Å². The zero-order valence-corrected chi connectivity index (χ0v) is 16.8. The topological polar surface area (TPSA) is 61.8 Å². The van der Waals surface area contributed by atoms with Crippen molar-refractivity contribution in [3.63, 3.8) is 0 Å². The van der Waals surface area contributed by atoms with Gasteiger partial charge in [-0.1, -0.05) is 39.0 Å². The molecule has 1 aromatic carbocycles. The Kier molecular flexibility index (Phi) is 5.73. The van der Waals surface area contributed by atoms with Crippen molar-refractivity contribution in [3.8, 4) is 0 Å². The predicted octanol–water partition coefficient (Wildman–Crippen LogP) is 3.63. The second kappa shape index (κ2) is 7.72. The fourth-order valence-electron chi connectivity index (χ4n) is 4.10. The average molecular weight is 374 g/mol. The first-order chi connectivity index (χ1) is 12.7. The van der Waals surface area contributed by atoms with Gasteiger partial charge in [-0.05, 0) is 34.9 Å². The van der Waals surface area contributed by atoms with Crippen LogP contribution in [0.5, 0.6) is 0 Å². The van der Waals surface area contributed by atoms with Crippen molar-refractivity contribution in [1.29, 1.82) is 0 Å². The molecule has 5 nitrogen and oxygen atoms in total. The van der Waals surface area contributed by atoms with Crippen LogP contribution in [0.25, 0.3) is 0 Å². The van der Waals surface area contributed by atoms with E-state index in [0.29, 0.717) is 19.8 Å². The van der Waals surface area contributed by atoms with Crippen LogP contribution in [0.15, 0.2) is 18.2 Å². The van der Waals surface area contributed by atoms with E-state index >= 15 is 0 Å². The highest BCUT2D eigenvalue weighted by Gasteiger charge is 2.37. The summed E-state index contributed by atoms with van der Waals surface area (Å²) in [6.45, 7) is 8.61. The van der Waals surface area contributed by atoms with E-state index in [9.17, 15) is 9.59 Å². The van der Waals surface area contributed by atoms with Crippen molar-refractivity contribution in [2.75, 3.05) is 26.9 Å². The molecule has 2 saturated heterocycles. The molecule has 0 N–H and O–H groups in total.